The molecule has 0 amide bonds. The van der Waals surface area contributed by atoms with Crippen LogP contribution in [0.5, 0.6) is 5.75 Å². The average Bonchev–Trinajstić information content (AvgIpc) is 3.29. The maximum atomic E-state index is 5.82. The zero-order chi connectivity index (χ0) is 21.9. The Morgan fingerprint density at radius 2 is 1.94 bits per heavy atom. The maximum absolute atomic E-state index is 5.82. The molecular weight excluding hydrogens is 392 g/mol. The summed E-state index contributed by atoms with van der Waals surface area (Å²) in [7, 11) is 4.16. The van der Waals surface area contributed by atoms with E-state index in [9.17, 15) is 0 Å². The van der Waals surface area contributed by atoms with Crippen LogP contribution in [0.2, 0.25) is 0 Å². The van der Waals surface area contributed by atoms with Gasteiger partial charge in [0.1, 0.15) is 12.0 Å². The fourth-order valence-electron chi connectivity index (χ4n) is 3.52. The van der Waals surface area contributed by atoms with Gasteiger partial charge < -0.3 is 24.4 Å². The Morgan fingerprint density at radius 3 is 2.58 bits per heavy atom. The largest absolute Gasteiger partial charge is 0.494 e. The van der Waals surface area contributed by atoms with E-state index in [2.05, 4.69) is 58.3 Å². The first kappa shape index (κ1) is 23.1. The van der Waals surface area contributed by atoms with Crippen molar-refractivity contribution >= 4 is 5.96 Å². The molecule has 0 unspecified atom stereocenters. The summed E-state index contributed by atoms with van der Waals surface area (Å²) in [4.78, 5) is 11.8. The van der Waals surface area contributed by atoms with Crippen LogP contribution in [0.4, 0.5) is 0 Å². The highest BCUT2D eigenvalue weighted by molar-refractivity contribution is 5.80. The predicted octanol–water partition coefficient (Wildman–Crippen LogP) is 2.29. The van der Waals surface area contributed by atoms with Crippen molar-refractivity contribution in [3.05, 3.63) is 47.9 Å². The molecule has 1 aromatic heterocycles. The third-order valence-corrected chi connectivity index (χ3v) is 5.24. The minimum absolute atomic E-state index is 0.655. The Hall–Kier alpha value is -2.58. The summed E-state index contributed by atoms with van der Waals surface area (Å²) in [5, 5.41) is 7.45. The molecule has 2 aromatic rings. The summed E-state index contributed by atoms with van der Waals surface area (Å²) < 4.78 is 10.8. The summed E-state index contributed by atoms with van der Waals surface area (Å²) in [5.74, 6) is 1.90. The van der Waals surface area contributed by atoms with Gasteiger partial charge in [-0.2, -0.15) is 0 Å². The van der Waals surface area contributed by atoms with Gasteiger partial charge in [0.05, 0.1) is 18.8 Å². The molecule has 0 saturated carbocycles. The molecule has 8 nitrogen and oxygen atoms in total. The van der Waals surface area contributed by atoms with E-state index in [4.69, 9.17) is 14.3 Å². The number of piperazine rings is 1. The Labute approximate surface area is 185 Å². The van der Waals surface area contributed by atoms with Crippen LogP contribution in [0.25, 0.3) is 0 Å². The zero-order valence-electron chi connectivity index (χ0n) is 19.1. The van der Waals surface area contributed by atoms with Gasteiger partial charge in [-0.1, -0.05) is 17.3 Å². The van der Waals surface area contributed by atoms with Crippen LogP contribution < -0.4 is 10.1 Å². The zero-order valence-corrected chi connectivity index (χ0v) is 19.1. The van der Waals surface area contributed by atoms with Crippen molar-refractivity contribution in [3.8, 4) is 5.75 Å². The number of guanidine groups is 1. The van der Waals surface area contributed by atoms with E-state index in [0.717, 1.165) is 76.2 Å². The number of rotatable bonds is 10. The van der Waals surface area contributed by atoms with Crippen LogP contribution in [-0.4, -0.2) is 85.8 Å². The number of hydrogen-bond donors (Lipinski definition) is 1. The monoisotopic (exact) mass is 428 g/mol. The van der Waals surface area contributed by atoms with Crippen LogP contribution in [0.3, 0.4) is 0 Å². The summed E-state index contributed by atoms with van der Waals surface area (Å²) in [6.07, 6.45) is 2.66. The van der Waals surface area contributed by atoms with Crippen molar-refractivity contribution in [2.75, 3.05) is 60.0 Å². The van der Waals surface area contributed by atoms with E-state index in [0.29, 0.717) is 6.54 Å². The molecule has 0 atom stereocenters. The number of aliphatic imine (C=N–C) groups is 1. The van der Waals surface area contributed by atoms with Crippen molar-refractivity contribution in [3.63, 3.8) is 0 Å². The number of ether oxygens (including phenoxy) is 1. The van der Waals surface area contributed by atoms with Gasteiger partial charge in [0, 0.05) is 51.9 Å². The van der Waals surface area contributed by atoms with Gasteiger partial charge in [0.15, 0.2) is 5.96 Å². The molecule has 0 aliphatic carbocycles. The van der Waals surface area contributed by atoms with E-state index in [-0.39, 0.29) is 0 Å². The van der Waals surface area contributed by atoms with Crippen LogP contribution >= 0.6 is 0 Å². The molecule has 1 aliphatic rings. The fourth-order valence-corrected chi connectivity index (χ4v) is 3.52. The van der Waals surface area contributed by atoms with Gasteiger partial charge in [0.2, 0.25) is 0 Å². The quantitative estimate of drug-likeness (QED) is 0.354. The highest BCUT2D eigenvalue weighted by Gasteiger charge is 2.20. The van der Waals surface area contributed by atoms with E-state index >= 15 is 0 Å². The van der Waals surface area contributed by atoms with Crippen molar-refractivity contribution in [2.45, 2.75) is 26.4 Å². The number of hydrogen-bond acceptors (Lipinski definition) is 6. The van der Waals surface area contributed by atoms with E-state index in [1.54, 1.807) is 6.26 Å². The molecule has 2 heterocycles. The van der Waals surface area contributed by atoms with E-state index < -0.39 is 0 Å². The third kappa shape index (κ3) is 7.88. The van der Waals surface area contributed by atoms with Crippen molar-refractivity contribution in [1.29, 1.82) is 0 Å². The lowest BCUT2D eigenvalue weighted by Crippen LogP contribution is -2.52. The molecule has 1 saturated heterocycles. The molecule has 170 valence electrons. The van der Waals surface area contributed by atoms with Gasteiger partial charge >= 0.3 is 0 Å². The van der Waals surface area contributed by atoms with Crippen LogP contribution in [-0.2, 0) is 13.1 Å². The smallest absolute Gasteiger partial charge is 0.194 e. The number of nitrogens with zero attached hydrogens (tertiary/aromatic N) is 5. The normalized spacial score (nSPS) is 15.5. The fraction of sp³-hybridized carbons (Fsp3) is 0.565. The number of nitrogens with one attached hydrogen (secondary N) is 1. The number of aromatic nitrogens is 1. The van der Waals surface area contributed by atoms with Crippen LogP contribution in [0, 0.1) is 0 Å². The van der Waals surface area contributed by atoms with Gasteiger partial charge in [0.25, 0.3) is 0 Å². The first-order valence-electron chi connectivity index (χ1n) is 11.2. The molecule has 0 bridgehead atoms. The van der Waals surface area contributed by atoms with Crippen molar-refractivity contribution in [1.82, 2.24) is 25.2 Å². The lowest BCUT2D eigenvalue weighted by molar-refractivity contribution is 0.169. The predicted molar refractivity (Wildman–Crippen MR) is 123 cm³/mol. The molecule has 1 aliphatic heterocycles. The lowest BCUT2D eigenvalue weighted by atomic mass is 10.2. The van der Waals surface area contributed by atoms with Gasteiger partial charge in [-0.25, -0.2) is 4.99 Å². The highest BCUT2D eigenvalue weighted by atomic mass is 16.5. The van der Waals surface area contributed by atoms with Crippen LogP contribution in [0.1, 0.15) is 24.6 Å². The van der Waals surface area contributed by atoms with Gasteiger partial charge in [-0.3, -0.25) is 4.90 Å². The van der Waals surface area contributed by atoms with Crippen molar-refractivity contribution < 1.29 is 9.26 Å². The highest BCUT2D eigenvalue weighted by Crippen LogP contribution is 2.14. The minimum Gasteiger partial charge on any atom is -0.494 e. The van der Waals surface area contributed by atoms with Crippen LogP contribution in [0.15, 0.2) is 46.1 Å². The average molecular weight is 429 g/mol. The maximum Gasteiger partial charge on any atom is 0.194 e. The molecule has 8 heteroatoms. The second kappa shape index (κ2) is 12.3. The topological polar surface area (TPSA) is 69.4 Å². The molecule has 1 fully saturated rings. The molecule has 0 radical (unpaired) electrons. The van der Waals surface area contributed by atoms with E-state index in [1.165, 1.54) is 5.56 Å². The Morgan fingerprint density at radius 1 is 1.16 bits per heavy atom. The molecular formula is C23H36N6O2. The molecule has 31 heavy (non-hydrogen) atoms. The van der Waals surface area contributed by atoms with Gasteiger partial charge in [-0.05, 0) is 45.1 Å². The molecule has 1 aromatic carbocycles. The first-order valence-corrected chi connectivity index (χ1v) is 11.2. The van der Waals surface area contributed by atoms with E-state index in [1.807, 2.05) is 18.2 Å². The summed E-state index contributed by atoms with van der Waals surface area (Å²) in [5.41, 5.74) is 2.17. The summed E-state index contributed by atoms with van der Waals surface area (Å²) >= 11 is 0. The lowest BCUT2D eigenvalue weighted by Gasteiger charge is -2.36. The molecule has 3 rings (SSSR count). The summed E-state index contributed by atoms with van der Waals surface area (Å²) in [6, 6.07) is 10.2. The minimum atomic E-state index is 0.655. The van der Waals surface area contributed by atoms with Gasteiger partial charge in [-0.15, -0.1) is 0 Å². The Balaban J connectivity index is 1.47. The molecule has 1 N–H and O–H groups in total. The third-order valence-electron chi connectivity index (χ3n) is 5.24. The summed E-state index contributed by atoms with van der Waals surface area (Å²) in [6.45, 7) is 10.1. The Bertz CT molecular complexity index is 768. The Kier molecular flexibility index (Phi) is 9.17. The SMILES string of the molecule is CCNC(=NCc1ccc(OCCCN(C)C)cc1)N1CCN(Cc2ccon2)CC1. The second-order valence-corrected chi connectivity index (χ2v) is 8.07. The first-order chi connectivity index (χ1) is 15.1. The standard InChI is InChI=1S/C23H36N6O2/c1-4-24-23(29-14-12-28(13-15-29)19-21-10-17-31-26-21)25-18-20-6-8-22(9-7-20)30-16-5-11-27(2)3/h6-10,17H,4-5,11-16,18-19H2,1-3H3,(H,24,25). The number of benzene rings is 1. The second-order valence-electron chi connectivity index (χ2n) is 8.07. The van der Waals surface area contributed by atoms with Crippen molar-refractivity contribution in [2.24, 2.45) is 4.99 Å². The molecule has 0 spiro atoms.